The normalized spacial score (nSPS) is 12.8. The number of hydrogen-bond donors (Lipinski definition) is 2. The zero-order valence-corrected chi connectivity index (χ0v) is 18.3. The Labute approximate surface area is 172 Å². The third-order valence-corrected chi connectivity index (χ3v) is 5.15. The van der Waals surface area contributed by atoms with Crippen LogP contribution in [-0.2, 0) is 11.4 Å². The standard InChI is InChI=1S/C20H31N5O2S/c1-7-16(12-17(8-2)28-6)15(4)23-27-13-18-14(3)10-9-11-19(18)25(22)20(26)24(5)21/h7,9-12H,8,13,21-22H2,1-6H3/b16-7+,17-12+,23-15+. The van der Waals surface area contributed by atoms with Crippen LogP contribution in [0.25, 0.3) is 0 Å². The first kappa shape index (κ1) is 23.7. The minimum atomic E-state index is -0.531. The number of carbonyl (C=O) groups excluding carboxylic acids is 1. The molecule has 28 heavy (non-hydrogen) atoms. The average molecular weight is 406 g/mol. The van der Waals surface area contributed by atoms with E-state index in [0.29, 0.717) is 5.69 Å². The van der Waals surface area contributed by atoms with Crippen LogP contribution in [0.2, 0.25) is 0 Å². The second-order valence-electron chi connectivity index (χ2n) is 6.20. The molecule has 0 spiro atoms. The van der Waals surface area contributed by atoms with E-state index in [-0.39, 0.29) is 6.61 Å². The summed E-state index contributed by atoms with van der Waals surface area (Å²) >= 11 is 1.72. The van der Waals surface area contributed by atoms with Crippen molar-refractivity contribution in [1.82, 2.24) is 5.01 Å². The molecule has 0 aliphatic carbocycles. The van der Waals surface area contributed by atoms with Gasteiger partial charge in [-0.1, -0.05) is 30.3 Å². The molecule has 1 rings (SSSR count). The Bertz CT molecular complexity index is 766. The van der Waals surface area contributed by atoms with Gasteiger partial charge >= 0.3 is 6.03 Å². The maximum absolute atomic E-state index is 12.1. The van der Waals surface area contributed by atoms with Gasteiger partial charge in [0.2, 0.25) is 0 Å². The molecule has 1 aromatic carbocycles. The highest BCUT2D eigenvalue weighted by Gasteiger charge is 2.19. The van der Waals surface area contributed by atoms with Crippen molar-refractivity contribution in [2.24, 2.45) is 16.8 Å². The summed E-state index contributed by atoms with van der Waals surface area (Å²) in [4.78, 5) is 19.0. The summed E-state index contributed by atoms with van der Waals surface area (Å²) in [5, 5.41) is 6.18. The number of oxime groups is 1. The number of anilines is 1. The van der Waals surface area contributed by atoms with Gasteiger partial charge in [0.05, 0.1) is 11.4 Å². The van der Waals surface area contributed by atoms with Gasteiger partial charge in [-0.25, -0.2) is 21.5 Å². The second-order valence-corrected chi connectivity index (χ2v) is 7.13. The van der Waals surface area contributed by atoms with E-state index >= 15 is 0 Å². The molecule has 7 nitrogen and oxygen atoms in total. The van der Waals surface area contributed by atoms with Crippen molar-refractivity contribution in [1.29, 1.82) is 0 Å². The number of aryl methyl sites for hydroxylation is 1. The van der Waals surface area contributed by atoms with Crippen LogP contribution in [0.4, 0.5) is 10.5 Å². The van der Waals surface area contributed by atoms with Crippen LogP contribution >= 0.6 is 11.8 Å². The molecular weight excluding hydrogens is 374 g/mol. The van der Waals surface area contributed by atoms with E-state index in [1.807, 2.05) is 39.0 Å². The van der Waals surface area contributed by atoms with E-state index in [4.69, 9.17) is 16.5 Å². The first-order valence-corrected chi connectivity index (χ1v) is 10.2. The van der Waals surface area contributed by atoms with Crippen molar-refractivity contribution in [2.75, 3.05) is 18.3 Å². The zero-order valence-electron chi connectivity index (χ0n) is 17.5. The third kappa shape index (κ3) is 6.40. The second kappa shape index (κ2) is 11.5. The number of allylic oxidation sites excluding steroid dienone is 4. The average Bonchev–Trinajstić information content (AvgIpc) is 2.68. The van der Waals surface area contributed by atoms with Crippen molar-refractivity contribution < 1.29 is 9.63 Å². The lowest BCUT2D eigenvalue weighted by Gasteiger charge is -2.23. The predicted molar refractivity (Wildman–Crippen MR) is 119 cm³/mol. The molecule has 2 amide bonds. The van der Waals surface area contributed by atoms with Crippen molar-refractivity contribution in [3.8, 4) is 0 Å². The number of rotatable bonds is 8. The maximum Gasteiger partial charge on any atom is 0.352 e. The number of hydrogen-bond acceptors (Lipinski definition) is 6. The van der Waals surface area contributed by atoms with Crippen LogP contribution in [0, 0.1) is 6.92 Å². The Hall–Kier alpha value is -2.29. The molecule has 0 fully saturated rings. The quantitative estimate of drug-likeness (QED) is 0.223. The summed E-state index contributed by atoms with van der Waals surface area (Å²) < 4.78 is 0. The molecule has 1 aromatic rings. The maximum atomic E-state index is 12.1. The molecule has 0 saturated carbocycles. The minimum absolute atomic E-state index is 0.179. The lowest BCUT2D eigenvalue weighted by Crippen LogP contribution is -2.49. The molecule has 0 unspecified atom stereocenters. The molecule has 0 radical (unpaired) electrons. The lowest BCUT2D eigenvalue weighted by atomic mass is 10.1. The third-order valence-electron chi connectivity index (χ3n) is 4.22. The molecule has 8 heteroatoms. The Balaban J connectivity index is 3.03. The molecule has 0 atom stereocenters. The van der Waals surface area contributed by atoms with E-state index in [0.717, 1.165) is 38.9 Å². The number of carbonyl (C=O) groups is 1. The Morgan fingerprint density at radius 1 is 1.36 bits per heavy atom. The largest absolute Gasteiger partial charge is 0.391 e. The lowest BCUT2D eigenvalue weighted by molar-refractivity contribution is 0.130. The first-order valence-electron chi connectivity index (χ1n) is 9.00. The van der Waals surface area contributed by atoms with Gasteiger partial charge in [-0.05, 0) is 61.6 Å². The molecule has 0 saturated heterocycles. The summed E-state index contributed by atoms with van der Waals surface area (Å²) in [6.45, 7) is 8.10. The van der Waals surface area contributed by atoms with Gasteiger partial charge < -0.3 is 4.84 Å². The molecule has 0 heterocycles. The van der Waals surface area contributed by atoms with E-state index in [2.05, 4.69) is 24.4 Å². The molecule has 0 aliphatic heterocycles. The highest BCUT2D eigenvalue weighted by atomic mass is 32.2. The van der Waals surface area contributed by atoms with Gasteiger partial charge in [0, 0.05) is 12.6 Å². The number of thioether (sulfide) groups is 1. The van der Waals surface area contributed by atoms with Gasteiger partial charge in [-0.2, -0.15) is 0 Å². The van der Waals surface area contributed by atoms with Crippen molar-refractivity contribution in [3.05, 3.63) is 52.0 Å². The van der Waals surface area contributed by atoms with Gasteiger partial charge in [0.15, 0.2) is 0 Å². The fraction of sp³-hybridized carbons (Fsp3) is 0.400. The van der Waals surface area contributed by atoms with Crippen LogP contribution in [0.15, 0.2) is 46.0 Å². The van der Waals surface area contributed by atoms with Crippen LogP contribution in [0.1, 0.15) is 38.3 Å². The zero-order chi connectivity index (χ0) is 21.3. The Morgan fingerprint density at radius 2 is 2.04 bits per heavy atom. The summed E-state index contributed by atoms with van der Waals surface area (Å²) in [7, 11) is 1.44. The Morgan fingerprint density at radius 3 is 2.57 bits per heavy atom. The predicted octanol–water partition coefficient (Wildman–Crippen LogP) is 4.10. The SMILES string of the molecule is C/C=C(\C=C(/CC)SC)C(/C)=N/OCc1c(C)cccc1N(N)C(=O)N(C)N. The van der Waals surface area contributed by atoms with E-state index in [1.54, 1.807) is 17.8 Å². The monoisotopic (exact) mass is 405 g/mol. The van der Waals surface area contributed by atoms with Gasteiger partial charge in [-0.3, -0.25) is 5.01 Å². The van der Waals surface area contributed by atoms with Crippen LogP contribution < -0.4 is 16.7 Å². The van der Waals surface area contributed by atoms with E-state index in [9.17, 15) is 4.79 Å². The van der Waals surface area contributed by atoms with Crippen molar-refractivity contribution >= 4 is 29.2 Å². The number of benzene rings is 1. The number of urea groups is 1. The summed E-state index contributed by atoms with van der Waals surface area (Å²) in [5.74, 6) is 11.5. The number of nitrogens with zero attached hydrogens (tertiary/aromatic N) is 3. The number of hydrazine groups is 2. The molecule has 154 valence electrons. The van der Waals surface area contributed by atoms with Gasteiger partial charge in [-0.15, -0.1) is 11.8 Å². The molecule has 4 N–H and O–H groups in total. The fourth-order valence-corrected chi connectivity index (χ4v) is 3.03. The van der Waals surface area contributed by atoms with Crippen molar-refractivity contribution in [3.63, 3.8) is 0 Å². The summed E-state index contributed by atoms with van der Waals surface area (Å²) in [5.41, 5.74) is 4.02. The van der Waals surface area contributed by atoms with Crippen LogP contribution in [0.3, 0.4) is 0 Å². The summed E-state index contributed by atoms with van der Waals surface area (Å²) in [6.07, 6.45) is 7.15. The molecular formula is C20H31N5O2S. The Kier molecular flexibility index (Phi) is 9.78. The number of nitrogens with two attached hydrogens (primary N) is 2. The highest BCUT2D eigenvalue weighted by Crippen LogP contribution is 2.24. The number of amides is 2. The smallest absolute Gasteiger partial charge is 0.352 e. The van der Waals surface area contributed by atoms with Crippen molar-refractivity contribution in [2.45, 2.75) is 40.7 Å². The molecule has 0 aliphatic rings. The topological polar surface area (TPSA) is 97.2 Å². The molecule has 0 bridgehead atoms. The van der Waals surface area contributed by atoms with E-state index < -0.39 is 6.03 Å². The molecule has 0 aromatic heterocycles. The van der Waals surface area contributed by atoms with Gasteiger partial charge in [0.25, 0.3) is 0 Å². The minimum Gasteiger partial charge on any atom is -0.391 e. The van der Waals surface area contributed by atoms with Crippen LogP contribution in [-0.4, -0.2) is 30.1 Å². The summed E-state index contributed by atoms with van der Waals surface area (Å²) in [6, 6.07) is 4.96. The highest BCUT2D eigenvalue weighted by molar-refractivity contribution is 8.02. The van der Waals surface area contributed by atoms with E-state index in [1.165, 1.54) is 12.0 Å². The van der Waals surface area contributed by atoms with Crippen LogP contribution in [0.5, 0.6) is 0 Å². The fourth-order valence-electron chi connectivity index (χ4n) is 2.50. The first-order chi connectivity index (χ1) is 13.3. The van der Waals surface area contributed by atoms with Gasteiger partial charge in [0.1, 0.15) is 6.61 Å².